The number of hydrogen-bond donors (Lipinski definition) is 0. The highest BCUT2D eigenvalue weighted by Gasteiger charge is 2.49. The molecule has 2 unspecified atom stereocenters. The van der Waals surface area contributed by atoms with E-state index in [9.17, 15) is 4.39 Å². The van der Waals surface area contributed by atoms with E-state index in [0.29, 0.717) is 84.5 Å². The van der Waals surface area contributed by atoms with E-state index >= 15 is 8.78 Å². The second-order valence-electron chi connectivity index (χ2n) is 12.3. The molecule has 12 heteroatoms. The van der Waals surface area contributed by atoms with Crippen LogP contribution in [-0.2, 0) is 15.9 Å². The molecule has 46 heavy (non-hydrogen) atoms. The van der Waals surface area contributed by atoms with Crippen LogP contribution in [0.3, 0.4) is 0 Å². The maximum atomic E-state index is 16.9. The number of halogens is 3. The van der Waals surface area contributed by atoms with Gasteiger partial charge in [0, 0.05) is 51.5 Å². The Labute approximate surface area is 265 Å². The summed E-state index contributed by atoms with van der Waals surface area (Å²) >= 11 is 0. The first-order chi connectivity index (χ1) is 22.4. The quantitative estimate of drug-likeness (QED) is 0.210. The Morgan fingerprint density at radius 3 is 2.80 bits per heavy atom. The van der Waals surface area contributed by atoms with Gasteiger partial charge in [-0.15, -0.1) is 0 Å². The topological polar surface area (TPSA) is 82.1 Å². The van der Waals surface area contributed by atoms with Gasteiger partial charge >= 0.3 is 6.01 Å². The fourth-order valence-electron chi connectivity index (χ4n) is 7.35. The lowest BCUT2D eigenvalue weighted by molar-refractivity contribution is 0.0512. The number of ether oxygens (including phenoxy) is 4. The van der Waals surface area contributed by atoms with Crippen LogP contribution in [0.15, 0.2) is 30.5 Å². The van der Waals surface area contributed by atoms with E-state index in [-0.39, 0.29) is 36.4 Å². The highest BCUT2D eigenvalue weighted by Crippen LogP contribution is 2.42. The lowest BCUT2D eigenvalue weighted by Gasteiger charge is -2.31. The Balaban J connectivity index is 1.38. The number of methoxy groups -OCH3 is 1. The maximum Gasteiger partial charge on any atom is 0.319 e. The second kappa shape index (κ2) is 12.8. The summed E-state index contributed by atoms with van der Waals surface area (Å²) in [6.45, 7) is 5.60. The van der Waals surface area contributed by atoms with E-state index < -0.39 is 17.5 Å². The van der Waals surface area contributed by atoms with Crippen molar-refractivity contribution in [2.75, 3.05) is 64.8 Å². The minimum atomic E-state index is -0.906. The molecule has 0 bridgehead atoms. The molecule has 0 spiro atoms. The van der Waals surface area contributed by atoms with Gasteiger partial charge in [0.1, 0.15) is 41.4 Å². The number of aromatic nitrogens is 3. The lowest BCUT2D eigenvalue weighted by atomic mass is 9.94. The molecule has 3 aliphatic heterocycles. The lowest BCUT2D eigenvalue weighted by Crippen LogP contribution is -2.43. The van der Waals surface area contributed by atoms with Gasteiger partial charge in [0.05, 0.1) is 17.5 Å². The van der Waals surface area contributed by atoms with Crippen LogP contribution in [0.4, 0.5) is 19.0 Å². The van der Waals surface area contributed by atoms with Crippen molar-refractivity contribution in [3.63, 3.8) is 0 Å². The van der Waals surface area contributed by atoms with Gasteiger partial charge in [-0.2, -0.15) is 9.97 Å². The number of rotatable bonds is 9. The van der Waals surface area contributed by atoms with E-state index in [2.05, 4.69) is 14.9 Å². The molecule has 3 saturated heterocycles. The van der Waals surface area contributed by atoms with Gasteiger partial charge in [0.2, 0.25) is 0 Å². The fraction of sp³-hybridized carbons (Fsp3) is 0.500. The monoisotopic (exact) mass is 637 g/mol. The van der Waals surface area contributed by atoms with Crippen LogP contribution in [0.5, 0.6) is 11.8 Å². The van der Waals surface area contributed by atoms with Gasteiger partial charge in [0.15, 0.2) is 12.6 Å². The summed E-state index contributed by atoms with van der Waals surface area (Å²) < 4.78 is 69.3. The fourth-order valence-corrected chi connectivity index (χ4v) is 7.35. The van der Waals surface area contributed by atoms with Gasteiger partial charge < -0.3 is 23.8 Å². The maximum absolute atomic E-state index is 16.9. The zero-order chi connectivity index (χ0) is 31.8. The number of alkyl halides is 1. The summed E-state index contributed by atoms with van der Waals surface area (Å²) in [5.41, 5.74) is 0.458. The highest BCUT2D eigenvalue weighted by atomic mass is 19.1. The first-order valence-electron chi connectivity index (χ1n) is 16.0. The largest absolute Gasteiger partial charge is 0.468 e. The molecule has 3 fully saturated rings. The number of aryl methyl sites for hydroxylation is 1. The van der Waals surface area contributed by atoms with Crippen molar-refractivity contribution in [1.82, 2.24) is 19.9 Å². The molecule has 0 saturated carbocycles. The van der Waals surface area contributed by atoms with Crippen molar-refractivity contribution in [3.05, 3.63) is 47.7 Å². The molecule has 0 aliphatic carbocycles. The molecule has 2 aromatic heterocycles. The SMILES string of the molecule is CCc1c(F)ccc2cc(OCOC)cc(-c3ncc4c(N5CCCOCC5)nc(OCC56CCCN5CC(F)C6)nc4c3F)c12. The zero-order valence-corrected chi connectivity index (χ0v) is 26.2. The minimum Gasteiger partial charge on any atom is -0.468 e. The summed E-state index contributed by atoms with van der Waals surface area (Å²) in [7, 11) is 1.51. The van der Waals surface area contributed by atoms with Gasteiger partial charge in [-0.3, -0.25) is 9.88 Å². The first-order valence-corrected chi connectivity index (χ1v) is 16.0. The highest BCUT2D eigenvalue weighted by molar-refractivity contribution is 6.01. The molecule has 0 N–H and O–H groups in total. The molecule has 2 aromatic carbocycles. The number of pyridine rings is 1. The van der Waals surface area contributed by atoms with E-state index in [1.807, 2.05) is 11.8 Å². The summed E-state index contributed by atoms with van der Waals surface area (Å²) in [5.74, 6) is -0.130. The van der Waals surface area contributed by atoms with Gasteiger partial charge in [-0.25, -0.2) is 13.2 Å². The smallest absolute Gasteiger partial charge is 0.319 e. The number of anilines is 1. The molecule has 7 rings (SSSR count). The Morgan fingerprint density at radius 1 is 1.07 bits per heavy atom. The second-order valence-corrected chi connectivity index (χ2v) is 12.3. The molecule has 9 nitrogen and oxygen atoms in total. The van der Waals surface area contributed by atoms with Gasteiger partial charge in [-0.1, -0.05) is 13.0 Å². The van der Waals surface area contributed by atoms with Crippen molar-refractivity contribution in [3.8, 4) is 23.0 Å². The predicted molar refractivity (Wildman–Crippen MR) is 168 cm³/mol. The molecule has 0 radical (unpaired) electrons. The van der Waals surface area contributed by atoms with E-state index in [1.54, 1.807) is 24.4 Å². The van der Waals surface area contributed by atoms with Crippen LogP contribution in [0, 0.1) is 11.6 Å². The molecule has 5 heterocycles. The van der Waals surface area contributed by atoms with Gasteiger partial charge in [0.25, 0.3) is 0 Å². The summed E-state index contributed by atoms with van der Waals surface area (Å²) in [4.78, 5) is 18.2. The average Bonchev–Trinajstić information content (AvgIpc) is 3.44. The minimum absolute atomic E-state index is 0.00657. The number of nitrogens with zero attached hydrogens (tertiary/aromatic N) is 5. The number of benzene rings is 2. The standard InChI is InChI=1S/C34H38F3N5O4/c1-3-24-27(36)7-6-21-14-23(46-20-43-2)15-25(28(21)24)30-29(37)31-26(17-38-30)32(41-9-5-12-44-13-11-41)40-33(39-31)45-19-34-8-4-10-42(34)18-22(35)16-34/h6-7,14-15,17,22H,3-5,8-13,16,18-20H2,1-2H3. The van der Waals surface area contributed by atoms with E-state index in [4.69, 9.17) is 23.9 Å². The van der Waals surface area contributed by atoms with Crippen LogP contribution in [0.2, 0.25) is 0 Å². The Morgan fingerprint density at radius 2 is 1.96 bits per heavy atom. The molecule has 3 aliphatic rings. The molecule has 244 valence electrons. The van der Waals surface area contributed by atoms with Crippen LogP contribution in [0.1, 0.15) is 38.2 Å². The van der Waals surface area contributed by atoms with Crippen molar-refractivity contribution in [2.24, 2.45) is 0 Å². The third-order valence-corrected chi connectivity index (χ3v) is 9.49. The van der Waals surface area contributed by atoms with Crippen molar-refractivity contribution in [1.29, 1.82) is 0 Å². The summed E-state index contributed by atoms with van der Waals surface area (Å²) in [6.07, 6.45) is 4.02. The van der Waals surface area contributed by atoms with Crippen LogP contribution in [-0.4, -0.2) is 91.5 Å². The molecular formula is C34H38F3N5O4. The van der Waals surface area contributed by atoms with Crippen LogP contribution in [0.25, 0.3) is 32.9 Å². The van der Waals surface area contributed by atoms with Crippen molar-refractivity contribution >= 4 is 27.5 Å². The van der Waals surface area contributed by atoms with Crippen LogP contribution < -0.4 is 14.4 Å². The van der Waals surface area contributed by atoms with E-state index in [0.717, 1.165) is 25.8 Å². The zero-order valence-electron chi connectivity index (χ0n) is 26.2. The third kappa shape index (κ3) is 5.60. The van der Waals surface area contributed by atoms with Crippen molar-refractivity contribution < 1.29 is 32.1 Å². The normalized spacial score (nSPS) is 22.0. The number of hydrogen-bond acceptors (Lipinski definition) is 9. The van der Waals surface area contributed by atoms with Gasteiger partial charge in [-0.05, 0) is 66.8 Å². The molecule has 2 atom stereocenters. The van der Waals surface area contributed by atoms with E-state index in [1.165, 1.54) is 13.2 Å². The summed E-state index contributed by atoms with van der Waals surface area (Å²) in [6, 6.07) is 6.51. The average molecular weight is 638 g/mol. The Bertz CT molecular complexity index is 1750. The molecule has 0 amide bonds. The molecular weight excluding hydrogens is 599 g/mol. The summed E-state index contributed by atoms with van der Waals surface area (Å²) in [5, 5.41) is 1.66. The van der Waals surface area contributed by atoms with Crippen LogP contribution >= 0.6 is 0 Å². The number of fused-ring (bicyclic) bond motifs is 3. The Kier molecular flexibility index (Phi) is 8.60. The third-order valence-electron chi connectivity index (χ3n) is 9.49. The molecule has 4 aromatic rings. The van der Waals surface area contributed by atoms with Crippen molar-refractivity contribution in [2.45, 2.75) is 50.7 Å². The Hall–Kier alpha value is -3.74. The first kappa shape index (κ1) is 30.9. The predicted octanol–water partition coefficient (Wildman–Crippen LogP) is 5.85.